The van der Waals surface area contributed by atoms with E-state index in [1.165, 1.54) is 29.5 Å². The largest absolute Gasteiger partial charge is 0.345 e. The second-order valence-electron chi connectivity index (χ2n) is 7.74. The monoisotopic (exact) mass is 592 g/mol. The Hall–Kier alpha value is -3.59. The number of nitro benzene ring substituents is 1. The lowest BCUT2D eigenvalue weighted by atomic mass is 10.1. The average Bonchev–Trinajstić information content (AvgIpc) is 3.48. The molecule has 0 aliphatic heterocycles. The van der Waals surface area contributed by atoms with Gasteiger partial charge in [0.2, 0.25) is 11.0 Å². The molecule has 2 N–H and O–H groups in total. The minimum absolute atomic E-state index is 0.00250. The van der Waals surface area contributed by atoms with Gasteiger partial charge in [-0.05, 0) is 38.1 Å². The molecule has 0 fully saturated rings. The number of hydrogen-bond donors (Lipinski definition) is 2. The number of nitrogens with one attached hydrogen (secondary N) is 2. The van der Waals surface area contributed by atoms with Crippen molar-refractivity contribution in [3.05, 3.63) is 78.5 Å². The molecule has 2 aromatic heterocycles. The van der Waals surface area contributed by atoms with Crippen molar-refractivity contribution in [3.63, 3.8) is 0 Å². The van der Waals surface area contributed by atoms with Gasteiger partial charge in [-0.1, -0.05) is 52.4 Å². The van der Waals surface area contributed by atoms with Crippen molar-refractivity contribution >= 4 is 68.9 Å². The summed E-state index contributed by atoms with van der Waals surface area (Å²) in [6.45, 7) is 3.31. The molecule has 12 nitrogen and oxygen atoms in total. The van der Waals surface area contributed by atoms with Gasteiger partial charge in [0.25, 0.3) is 11.6 Å². The van der Waals surface area contributed by atoms with Gasteiger partial charge in [0.1, 0.15) is 5.01 Å². The lowest BCUT2D eigenvalue weighted by molar-refractivity contribution is -0.385. The number of aryl methyl sites for hydroxylation is 2. The van der Waals surface area contributed by atoms with Gasteiger partial charge in [-0.2, -0.15) is 0 Å². The summed E-state index contributed by atoms with van der Waals surface area (Å²) < 4.78 is 1.63. The van der Waals surface area contributed by atoms with Crippen molar-refractivity contribution in [2.45, 2.75) is 25.5 Å². The van der Waals surface area contributed by atoms with Gasteiger partial charge >= 0.3 is 0 Å². The van der Waals surface area contributed by atoms with Crippen LogP contribution in [0.4, 0.5) is 10.8 Å². The summed E-state index contributed by atoms with van der Waals surface area (Å²) in [7, 11) is 0. The minimum atomic E-state index is -0.543. The molecular formula is C22H18Cl2N8O4S2. The molecule has 2 heterocycles. The van der Waals surface area contributed by atoms with E-state index < -0.39 is 10.8 Å². The SMILES string of the molecule is Cc1nnc(NC(=O)CSc2nnc(CNC(=O)c3ccc(C)c([N+](=O)[O-])c3)n2-c2ccc(Cl)c(Cl)c2)s1. The van der Waals surface area contributed by atoms with E-state index in [9.17, 15) is 19.7 Å². The second-order valence-corrected chi connectivity index (χ2v) is 10.7. The van der Waals surface area contributed by atoms with Crippen molar-refractivity contribution in [2.75, 3.05) is 11.1 Å². The number of carbonyl (C=O) groups excluding carboxylic acids is 2. The highest BCUT2D eigenvalue weighted by atomic mass is 35.5. The Morgan fingerprint density at radius 3 is 2.55 bits per heavy atom. The summed E-state index contributed by atoms with van der Waals surface area (Å²) in [6, 6.07) is 9.13. The van der Waals surface area contributed by atoms with Crippen LogP contribution in [0.15, 0.2) is 41.6 Å². The number of nitro groups is 1. The second kappa shape index (κ2) is 11.9. The highest BCUT2D eigenvalue weighted by Gasteiger charge is 2.20. The van der Waals surface area contributed by atoms with Crippen molar-refractivity contribution in [3.8, 4) is 5.69 Å². The first kappa shape index (κ1) is 27.4. The summed E-state index contributed by atoms with van der Waals surface area (Å²) >= 11 is 14.7. The summed E-state index contributed by atoms with van der Waals surface area (Å²) in [4.78, 5) is 35.9. The van der Waals surface area contributed by atoms with Gasteiger partial charge < -0.3 is 5.32 Å². The molecule has 4 aromatic rings. The van der Waals surface area contributed by atoms with E-state index in [1.807, 2.05) is 0 Å². The van der Waals surface area contributed by atoms with Gasteiger partial charge in [0, 0.05) is 17.2 Å². The van der Waals surface area contributed by atoms with Crippen LogP contribution in [0, 0.1) is 24.0 Å². The van der Waals surface area contributed by atoms with E-state index in [0.29, 0.717) is 37.4 Å². The van der Waals surface area contributed by atoms with Crippen LogP contribution < -0.4 is 10.6 Å². The predicted molar refractivity (Wildman–Crippen MR) is 144 cm³/mol. The normalized spacial score (nSPS) is 10.8. The van der Waals surface area contributed by atoms with Gasteiger partial charge in [-0.15, -0.1) is 20.4 Å². The van der Waals surface area contributed by atoms with Crippen molar-refractivity contribution in [1.29, 1.82) is 0 Å². The van der Waals surface area contributed by atoms with Crippen LogP contribution in [0.2, 0.25) is 10.0 Å². The standard InChI is InChI=1S/C22H18Cl2N8O4S2/c1-11-3-4-13(7-17(11)32(35)36)20(34)25-9-18-28-30-22(31(18)14-5-6-15(23)16(24)8-14)37-10-19(33)26-21-29-27-12(2)38-21/h3-8H,9-10H2,1-2H3,(H,25,34)(H,26,29,33). The molecule has 0 aliphatic carbocycles. The van der Waals surface area contributed by atoms with Crippen LogP contribution in [-0.2, 0) is 11.3 Å². The van der Waals surface area contributed by atoms with E-state index in [-0.39, 0.29) is 29.5 Å². The maximum Gasteiger partial charge on any atom is 0.273 e. The maximum atomic E-state index is 12.7. The fourth-order valence-corrected chi connectivity index (χ4v) is 4.90. The number of rotatable bonds is 9. The first-order valence-corrected chi connectivity index (χ1v) is 13.3. The van der Waals surface area contributed by atoms with Crippen LogP contribution in [0.1, 0.15) is 26.8 Å². The smallest absolute Gasteiger partial charge is 0.273 e. The van der Waals surface area contributed by atoms with Gasteiger partial charge in [0.05, 0.1) is 33.0 Å². The van der Waals surface area contributed by atoms with Gasteiger partial charge in [0.15, 0.2) is 11.0 Å². The number of halogens is 2. The molecule has 2 amide bonds. The van der Waals surface area contributed by atoms with E-state index in [0.717, 1.165) is 16.8 Å². The third kappa shape index (κ3) is 6.45. The summed E-state index contributed by atoms with van der Waals surface area (Å²) in [5.74, 6) is -0.512. The Balaban J connectivity index is 1.54. The number of amides is 2. The third-order valence-electron chi connectivity index (χ3n) is 5.04. The lowest BCUT2D eigenvalue weighted by Gasteiger charge is -2.12. The molecule has 38 heavy (non-hydrogen) atoms. The number of thioether (sulfide) groups is 1. The van der Waals surface area contributed by atoms with E-state index in [1.54, 1.807) is 36.6 Å². The molecule has 0 spiro atoms. The molecule has 0 aliphatic rings. The molecule has 0 radical (unpaired) electrons. The Labute approximate surface area is 233 Å². The van der Waals surface area contributed by atoms with Crippen LogP contribution in [-0.4, -0.2) is 47.5 Å². The number of aromatic nitrogens is 5. The van der Waals surface area contributed by atoms with E-state index in [2.05, 4.69) is 31.0 Å². The van der Waals surface area contributed by atoms with Crippen molar-refractivity contribution in [2.24, 2.45) is 0 Å². The molecule has 16 heteroatoms. The summed E-state index contributed by atoms with van der Waals surface area (Å²) in [5.41, 5.74) is 0.971. The Bertz CT molecular complexity index is 1540. The molecular weight excluding hydrogens is 575 g/mol. The average molecular weight is 593 g/mol. The molecule has 196 valence electrons. The zero-order valence-corrected chi connectivity index (χ0v) is 22.9. The molecule has 0 atom stereocenters. The highest BCUT2D eigenvalue weighted by molar-refractivity contribution is 7.99. The minimum Gasteiger partial charge on any atom is -0.345 e. The molecule has 4 rings (SSSR count). The fraction of sp³-hybridized carbons (Fsp3) is 0.182. The van der Waals surface area contributed by atoms with Crippen LogP contribution in [0.5, 0.6) is 0 Å². The maximum absolute atomic E-state index is 12.7. The molecule has 0 unspecified atom stereocenters. The van der Waals surface area contributed by atoms with Crippen LogP contribution >= 0.6 is 46.3 Å². The summed E-state index contributed by atoms with van der Waals surface area (Å²) in [5, 5.41) is 34.8. The number of carbonyl (C=O) groups is 2. The molecule has 0 saturated carbocycles. The first-order chi connectivity index (χ1) is 18.1. The zero-order valence-electron chi connectivity index (χ0n) is 19.8. The number of hydrogen-bond acceptors (Lipinski definition) is 10. The molecule has 0 saturated heterocycles. The van der Waals surface area contributed by atoms with Crippen molar-refractivity contribution in [1.82, 2.24) is 30.3 Å². The quantitative estimate of drug-likeness (QED) is 0.161. The number of benzene rings is 2. The van der Waals surface area contributed by atoms with Crippen LogP contribution in [0.3, 0.4) is 0 Å². The highest BCUT2D eigenvalue weighted by Crippen LogP contribution is 2.28. The Morgan fingerprint density at radius 1 is 1.08 bits per heavy atom. The lowest BCUT2D eigenvalue weighted by Crippen LogP contribution is -2.25. The molecule has 2 aromatic carbocycles. The van der Waals surface area contributed by atoms with E-state index in [4.69, 9.17) is 23.2 Å². The fourth-order valence-electron chi connectivity index (χ4n) is 3.23. The summed E-state index contributed by atoms with van der Waals surface area (Å²) in [6.07, 6.45) is 0. The third-order valence-corrected chi connectivity index (χ3v) is 7.46. The predicted octanol–water partition coefficient (Wildman–Crippen LogP) is 4.61. The number of nitrogens with zero attached hydrogens (tertiary/aromatic N) is 6. The van der Waals surface area contributed by atoms with E-state index >= 15 is 0 Å². The van der Waals surface area contributed by atoms with Gasteiger partial charge in [-0.3, -0.25) is 29.6 Å². The van der Waals surface area contributed by atoms with Crippen LogP contribution in [0.25, 0.3) is 5.69 Å². The van der Waals surface area contributed by atoms with Gasteiger partial charge in [-0.25, -0.2) is 0 Å². The van der Waals surface area contributed by atoms with Crippen molar-refractivity contribution < 1.29 is 14.5 Å². The first-order valence-electron chi connectivity index (χ1n) is 10.8. The number of anilines is 1. The zero-order chi connectivity index (χ0) is 27.4. The Kier molecular flexibility index (Phi) is 8.56. The Morgan fingerprint density at radius 2 is 1.87 bits per heavy atom. The topological polar surface area (TPSA) is 158 Å². The molecule has 0 bridgehead atoms.